The van der Waals surface area contributed by atoms with E-state index in [1.54, 1.807) is 12.1 Å². The Hall–Kier alpha value is -4.06. The number of benzene rings is 1. The highest BCUT2D eigenvalue weighted by Gasteiger charge is 2.63. The number of nitrogens with one attached hydrogen (secondary N) is 1. The van der Waals surface area contributed by atoms with Crippen LogP contribution in [0.25, 0.3) is 6.08 Å². The van der Waals surface area contributed by atoms with Crippen LogP contribution in [0.4, 0.5) is 15.3 Å². The first-order valence-corrected chi connectivity index (χ1v) is 12.0. The zero-order valence-corrected chi connectivity index (χ0v) is 20.8. The molecule has 0 aromatic heterocycles. The summed E-state index contributed by atoms with van der Waals surface area (Å²) in [7, 11) is 4.20. The molecule has 1 aromatic carbocycles. The highest BCUT2D eigenvalue weighted by molar-refractivity contribution is 6.31. The van der Waals surface area contributed by atoms with Crippen molar-refractivity contribution in [1.82, 2.24) is 20.0 Å². The van der Waals surface area contributed by atoms with Crippen LogP contribution >= 0.6 is 0 Å². The number of ether oxygens (including phenoxy) is 1. The van der Waals surface area contributed by atoms with Crippen LogP contribution in [0.15, 0.2) is 23.8 Å². The molecule has 0 unspecified atom stereocenters. The summed E-state index contributed by atoms with van der Waals surface area (Å²) in [6, 6.07) is 3.49. The molecule has 1 N–H and O–H groups in total. The summed E-state index contributed by atoms with van der Waals surface area (Å²) >= 11 is 0. The van der Waals surface area contributed by atoms with Crippen molar-refractivity contribution in [3.63, 3.8) is 0 Å². The lowest BCUT2D eigenvalue weighted by atomic mass is 9.68. The van der Waals surface area contributed by atoms with Gasteiger partial charge in [0.25, 0.3) is 11.8 Å². The van der Waals surface area contributed by atoms with Gasteiger partial charge in [0.05, 0.1) is 19.2 Å². The van der Waals surface area contributed by atoms with Gasteiger partial charge < -0.3 is 9.64 Å². The van der Waals surface area contributed by atoms with Crippen LogP contribution in [0.2, 0.25) is 0 Å². The monoisotopic (exact) mass is 509 g/mol. The first-order valence-electron chi connectivity index (χ1n) is 12.0. The average molecular weight is 510 g/mol. The number of amides is 8. The largest absolute Gasteiger partial charge is 0.383 e. The molecular weight excluding hydrogens is 482 g/mol. The third-order valence-corrected chi connectivity index (χ3v) is 7.67. The molecule has 12 nitrogen and oxygen atoms in total. The summed E-state index contributed by atoms with van der Waals surface area (Å²) in [4.78, 5) is 82.0. The summed E-state index contributed by atoms with van der Waals surface area (Å²) in [5.41, 5.74) is 0.402. The normalized spacial score (nSPS) is 24.3. The van der Waals surface area contributed by atoms with Crippen LogP contribution in [0, 0.1) is 5.41 Å². The Balaban J connectivity index is 1.55. The van der Waals surface area contributed by atoms with Crippen molar-refractivity contribution in [1.29, 1.82) is 0 Å². The Kier molecular flexibility index (Phi) is 5.86. The molecule has 4 aliphatic heterocycles. The van der Waals surface area contributed by atoms with Gasteiger partial charge in [-0.1, -0.05) is 6.07 Å². The highest BCUT2D eigenvalue weighted by Crippen LogP contribution is 2.49. The quantitative estimate of drug-likeness (QED) is 0.349. The van der Waals surface area contributed by atoms with E-state index in [9.17, 15) is 28.8 Å². The van der Waals surface area contributed by atoms with Crippen LogP contribution < -0.4 is 10.2 Å². The number of urea groups is 2. The van der Waals surface area contributed by atoms with Crippen molar-refractivity contribution in [3.8, 4) is 0 Å². The zero-order valence-electron chi connectivity index (χ0n) is 20.8. The maximum Gasteiger partial charge on any atom is 0.332 e. The third-order valence-electron chi connectivity index (χ3n) is 7.67. The number of fused-ring (bicyclic) bond motifs is 4. The topological polar surface area (TPSA) is 137 Å². The number of nitrogens with zero attached hydrogens (tertiary/aromatic N) is 4. The number of hydrogen-bond acceptors (Lipinski definition) is 8. The predicted molar refractivity (Wildman–Crippen MR) is 129 cm³/mol. The van der Waals surface area contributed by atoms with Crippen LogP contribution in [-0.4, -0.2) is 97.3 Å². The molecule has 12 heteroatoms. The molecule has 0 radical (unpaired) electrons. The number of anilines is 1. The average Bonchev–Trinajstić information content (AvgIpc) is 3.38. The van der Waals surface area contributed by atoms with Crippen molar-refractivity contribution in [2.45, 2.75) is 25.3 Å². The molecule has 1 aromatic rings. The number of imide groups is 4. The van der Waals surface area contributed by atoms with E-state index in [1.165, 1.54) is 27.3 Å². The molecule has 37 heavy (non-hydrogen) atoms. The summed E-state index contributed by atoms with van der Waals surface area (Å²) in [6.07, 6.45) is 2.90. The Labute approximate surface area is 212 Å². The van der Waals surface area contributed by atoms with Gasteiger partial charge in [-0.3, -0.25) is 39.2 Å². The van der Waals surface area contributed by atoms with E-state index in [4.69, 9.17) is 4.74 Å². The van der Waals surface area contributed by atoms with E-state index in [1.807, 2.05) is 11.0 Å². The molecule has 3 saturated heterocycles. The second kappa shape index (κ2) is 8.80. The van der Waals surface area contributed by atoms with E-state index < -0.39 is 41.1 Å². The summed E-state index contributed by atoms with van der Waals surface area (Å²) in [6.45, 7) is 0.754. The van der Waals surface area contributed by atoms with E-state index >= 15 is 0 Å². The van der Waals surface area contributed by atoms with Gasteiger partial charge in [0.15, 0.2) is 5.41 Å². The standard InChI is InChI=1S/C25H27N5O7/c1-27-21(33)25(22(34)28(2)24(27)36)13-15-11-14(6-7-17(15)29-8-4-5-18(25)29)12-16-19(31)26-23(35)30(20(16)32)9-10-37-3/h6-7,11-12,18H,4-5,8-10,13H2,1-3H3,(H,26,31,35)/b16-12+/t18-/m0/s1. The van der Waals surface area contributed by atoms with Crippen LogP contribution in [-0.2, 0) is 30.3 Å². The molecule has 5 rings (SSSR count). The molecule has 194 valence electrons. The molecule has 0 saturated carbocycles. The lowest BCUT2D eigenvalue weighted by molar-refractivity contribution is -0.159. The van der Waals surface area contributed by atoms with Crippen molar-refractivity contribution in [3.05, 3.63) is 34.9 Å². The van der Waals surface area contributed by atoms with Gasteiger partial charge >= 0.3 is 12.1 Å². The fourth-order valence-corrected chi connectivity index (χ4v) is 5.87. The highest BCUT2D eigenvalue weighted by atomic mass is 16.5. The Morgan fingerprint density at radius 3 is 2.46 bits per heavy atom. The smallest absolute Gasteiger partial charge is 0.332 e. The minimum absolute atomic E-state index is 0.0151. The number of hydrogen-bond donors (Lipinski definition) is 1. The Morgan fingerprint density at radius 1 is 1.08 bits per heavy atom. The predicted octanol–water partition coefficient (Wildman–Crippen LogP) is 0.357. The first-order chi connectivity index (χ1) is 17.6. The van der Waals surface area contributed by atoms with E-state index in [2.05, 4.69) is 5.32 Å². The van der Waals surface area contributed by atoms with Crippen LogP contribution in [0.5, 0.6) is 0 Å². The van der Waals surface area contributed by atoms with E-state index in [0.29, 0.717) is 24.1 Å². The third kappa shape index (κ3) is 3.54. The minimum atomic E-state index is -1.45. The van der Waals surface area contributed by atoms with E-state index in [0.717, 1.165) is 26.8 Å². The maximum absolute atomic E-state index is 13.5. The Morgan fingerprint density at radius 2 is 1.78 bits per heavy atom. The van der Waals surface area contributed by atoms with Gasteiger partial charge in [0.2, 0.25) is 11.8 Å². The van der Waals surface area contributed by atoms with Crippen LogP contribution in [0.3, 0.4) is 0 Å². The number of carbonyl (C=O) groups excluding carboxylic acids is 6. The first kappa shape index (κ1) is 24.6. The van der Waals surface area contributed by atoms with Gasteiger partial charge in [0.1, 0.15) is 5.57 Å². The van der Waals surface area contributed by atoms with Crippen molar-refractivity contribution in [2.75, 3.05) is 45.8 Å². The minimum Gasteiger partial charge on any atom is -0.383 e. The van der Waals surface area contributed by atoms with Gasteiger partial charge in [-0.25, -0.2) is 9.59 Å². The number of carbonyl (C=O) groups is 6. The van der Waals surface area contributed by atoms with E-state index in [-0.39, 0.29) is 31.2 Å². The lowest BCUT2D eigenvalue weighted by Crippen LogP contribution is -2.70. The fourth-order valence-electron chi connectivity index (χ4n) is 5.87. The van der Waals surface area contributed by atoms with Gasteiger partial charge in [-0.2, -0.15) is 0 Å². The zero-order chi connectivity index (χ0) is 26.6. The summed E-state index contributed by atoms with van der Waals surface area (Å²) in [5, 5.41) is 2.17. The second-order valence-corrected chi connectivity index (χ2v) is 9.67. The summed E-state index contributed by atoms with van der Waals surface area (Å²) in [5.74, 6) is -2.60. The molecule has 3 fully saturated rings. The lowest BCUT2D eigenvalue weighted by Gasteiger charge is -2.50. The number of methoxy groups -OCH3 is 1. The molecule has 0 aliphatic carbocycles. The summed E-state index contributed by atoms with van der Waals surface area (Å²) < 4.78 is 4.95. The van der Waals surface area contributed by atoms with Crippen molar-refractivity contribution >= 4 is 47.5 Å². The van der Waals surface area contributed by atoms with Crippen molar-refractivity contribution in [2.24, 2.45) is 5.41 Å². The van der Waals surface area contributed by atoms with Gasteiger partial charge in [0, 0.05) is 33.4 Å². The number of rotatable bonds is 4. The van der Waals surface area contributed by atoms with Gasteiger partial charge in [-0.15, -0.1) is 0 Å². The molecule has 4 heterocycles. The fraction of sp³-hybridized carbons (Fsp3) is 0.440. The Bertz CT molecular complexity index is 1260. The molecule has 0 bridgehead atoms. The molecule has 8 amide bonds. The molecule has 1 atom stereocenters. The SMILES string of the molecule is COCCN1C(=O)NC(=O)/C(=C\c2ccc3c(c2)CC2(C(=O)N(C)C(=O)N(C)C2=O)[C@@H]2CCCN32)C1=O. The van der Waals surface area contributed by atoms with Crippen LogP contribution in [0.1, 0.15) is 24.0 Å². The maximum atomic E-state index is 13.5. The molecular formula is C25H27N5O7. The van der Waals surface area contributed by atoms with Gasteiger partial charge in [-0.05, 0) is 48.6 Å². The molecule has 4 aliphatic rings. The number of barbiturate groups is 2. The molecule has 1 spiro atoms. The second-order valence-electron chi connectivity index (χ2n) is 9.67. The van der Waals surface area contributed by atoms with Crippen molar-refractivity contribution < 1.29 is 33.5 Å².